The summed E-state index contributed by atoms with van der Waals surface area (Å²) >= 11 is 0. The van der Waals surface area contributed by atoms with Crippen molar-refractivity contribution in [3.8, 4) is 0 Å². The van der Waals surface area contributed by atoms with Gasteiger partial charge >= 0.3 is 0 Å². The quantitative estimate of drug-likeness (QED) is 0.817. The summed E-state index contributed by atoms with van der Waals surface area (Å²) in [6.45, 7) is 2.89. The summed E-state index contributed by atoms with van der Waals surface area (Å²) in [4.78, 5) is 2.28. The van der Waals surface area contributed by atoms with Gasteiger partial charge in [-0.05, 0) is 48.8 Å². The summed E-state index contributed by atoms with van der Waals surface area (Å²) in [7, 11) is 0. The van der Waals surface area contributed by atoms with Gasteiger partial charge in [-0.1, -0.05) is 30.3 Å². The molecule has 0 spiro atoms. The van der Waals surface area contributed by atoms with Gasteiger partial charge in [0.15, 0.2) is 0 Å². The summed E-state index contributed by atoms with van der Waals surface area (Å²) in [5.41, 5.74) is 6.23. The minimum absolute atomic E-state index is 0.595. The fourth-order valence-corrected chi connectivity index (χ4v) is 2.53. The maximum atomic E-state index is 12.0. The van der Waals surface area contributed by atoms with E-state index in [1.807, 2.05) is 42.5 Å². The predicted molar refractivity (Wildman–Crippen MR) is 81.7 cm³/mol. The summed E-state index contributed by atoms with van der Waals surface area (Å²) in [5.74, 6) is 0. The van der Waals surface area contributed by atoms with Crippen LogP contribution in [0.1, 0.15) is 12.8 Å². The van der Waals surface area contributed by atoms with E-state index in [2.05, 4.69) is 15.9 Å². The van der Waals surface area contributed by atoms with Crippen molar-refractivity contribution in [3.05, 3.63) is 47.7 Å². The first-order valence-electron chi connectivity index (χ1n) is 7.00. The number of nitrogens with zero attached hydrogens (tertiary/aromatic N) is 2. The second-order valence-corrected chi connectivity index (χ2v) is 5.10. The monoisotopic (exact) mass is 271 g/mol. The molecule has 1 heterocycles. The minimum Gasteiger partial charge on any atom is -0.742 e. The summed E-state index contributed by atoms with van der Waals surface area (Å²) in [6.07, 6.45) is 2.49. The lowest BCUT2D eigenvalue weighted by atomic mass is 10.1. The molecule has 1 fully saturated rings. The molecule has 0 radical (unpaired) electrons. The highest BCUT2D eigenvalue weighted by Gasteiger charge is 2.09. The molecule has 2 N–H and O–H groups in total. The first kappa shape index (κ1) is 13.3. The van der Waals surface area contributed by atoms with E-state index >= 15 is 0 Å². The Bertz CT molecular complexity index is 569. The molecule has 106 valence electrons. The van der Waals surface area contributed by atoms with Gasteiger partial charge in [0.2, 0.25) is 0 Å². The van der Waals surface area contributed by atoms with Crippen LogP contribution in [-0.4, -0.2) is 24.7 Å². The lowest BCUT2D eigenvalue weighted by molar-refractivity contribution is 0.287. The summed E-state index contributed by atoms with van der Waals surface area (Å²) in [5, 5.41) is 14.9. The number of anilines is 1. The second kappa shape index (κ2) is 6.19. The number of hydrogen-bond acceptors (Lipinski definition) is 5. The Labute approximate surface area is 118 Å². The molecule has 0 saturated carbocycles. The van der Waals surface area contributed by atoms with Crippen LogP contribution < -0.4 is 16.1 Å². The Hall–Kier alpha value is -1.66. The van der Waals surface area contributed by atoms with E-state index in [0.29, 0.717) is 12.4 Å². The number of nitrogens with one attached hydrogen (secondary N) is 2. The number of benzene rings is 2. The van der Waals surface area contributed by atoms with Gasteiger partial charge in [-0.2, -0.15) is 5.53 Å². The van der Waals surface area contributed by atoms with Gasteiger partial charge < -0.3 is 10.4 Å². The van der Waals surface area contributed by atoms with Crippen LogP contribution in [0.5, 0.6) is 0 Å². The van der Waals surface area contributed by atoms with Crippen LogP contribution in [0.4, 0.5) is 5.69 Å². The Balaban J connectivity index is 1.58. The van der Waals surface area contributed by atoms with Crippen LogP contribution in [0, 0.1) is 5.21 Å². The first-order chi connectivity index (χ1) is 9.83. The number of hydrazine groups is 2. The first-order valence-corrected chi connectivity index (χ1v) is 7.00. The fourth-order valence-electron chi connectivity index (χ4n) is 2.53. The van der Waals surface area contributed by atoms with E-state index in [9.17, 15) is 5.21 Å². The zero-order chi connectivity index (χ0) is 13.8. The molecule has 2 aromatic carbocycles. The molecular weight excluding hydrogens is 252 g/mol. The SMILES string of the molecule is [O-]N(NNCN1CCCC1)c1ccc2ccccc2c1. The molecule has 0 amide bonds. The fraction of sp³-hybridized carbons (Fsp3) is 0.333. The van der Waals surface area contributed by atoms with Crippen molar-refractivity contribution in [2.24, 2.45) is 0 Å². The van der Waals surface area contributed by atoms with E-state index in [4.69, 9.17) is 0 Å². The molecule has 0 aliphatic carbocycles. The summed E-state index contributed by atoms with van der Waals surface area (Å²) in [6, 6.07) is 13.7. The third-order valence-electron chi connectivity index (χ3n) is 3.65. The van der Waals surface area contributed by atoms with Crippen molar-refractivity contribution in [3.63, 3.8) is 0 Å². The van der Waals surface area contributed by atoms with Gasteiger partial charge in [0.05, 0.1) is 6.67 Å². The Morgan fingerprint density at radius 2 is 1.80 bits per heavy atom. The van der Waals surface area contributed by atoms with Gasteiger partial charge in [0.25, 0.3) is 0 Å². The maximum Gasteiger partial charge on any atom is 0.0632 e. The molecule has 2 aromatic rings. The molecule has 1 saturated heterocycles. The Morgan fingerprint density at radius 1 is 1.05 bits per heavy atom. The lowest BCUT2D eigenvalue weighted by Gasteiger charge is -2.32. The topological polar surface area (TPSA) is 53.6 Å². The van der Waals surface area contributed by atoms with Crippen molar-refractivity contribution < 1.29 is 0 Å². The van der Waals surface area contributed by atoms with E-state index in [1.165, 1.54) is 12.8 Å². The molecule has 3 rings (SSSR count). The van der Waals surface area contributed by atoms with Gasteiger partial charge in [-0.3, -0.25) is 4.90 Å². The summed E-state index contributed by atoms with van der Waals surface area (Å²) < 4.78 is 0. The third kappa shape index (κ3) is 3.08. The van der Waals surface area contributed by atoms with Crippen LogP contribution in [0.25, 0.3) is 10.8 Å². The normalized spacial score (nSPS) is 15.8. The Kier molecular flexibility index (Phi) is 4.13. The van der Waals surface area contributed by atoms with Crippen LogP contribution >= 0.6 is 0 Å². The van der Waals surface area contributed by atoms with Crippen molar-refractivity contribution in [1.82, 2.24) is 15.9 Å². The minimum atomic E-state index is 0.595. The number of fused-ring (bicyclic) bond motifs is 1. The number of rotatable bonds is 5. The highest BCUT2D eigenvalue weighted by atomic mass is 16.5. The van der Waals surface area contributed by atoms with Crippen LogP contribution in [0.15, 0.2) is 42.5 Å². The van der Waals surface area contributed by atoms with Crippen LogP contribution in [0.2, 0.25) is 0 Å². The van der Waals surface area contributed by atoms with E-state index in [-0.39, 0.29) is 0 Å². The smallest absolute Gasteiger partial charge is 0.0632 e. The molecule has 5 nitrogen and oxygen atoms in total. The van der Waals surface area contributed by atoms with Crippen molar-refractivity contribution in [2.75, 3.05) is 24.9 Å². The average molecular weight is 271 g/mol. The second-order valence-electron chi connectivity index (χ2n) is 5.10. The van der Waals surface area contributed by atoms with E-state index < -0.39 is 0 Å². The molecule has 0 aromatic heterocycles. The highest BCUT2D eigenvalue weighted by molar-refractivity contribution is 5.85. The highest BCUT2D eigenvalue weighted by Crippen LogP contribution is 2.20. The van der Waals surface area contributed by atoms with Crippen molar-refractivity contribution in [2.45, 2.75) is 12.8 Å². The number of hydrogen-bond donors (Lipinski definition) is 2. The molecule has 0 unspecified atom stereocenters. The molecule has 1 aliphatic heterocycles. The van der Waals surface area contributed by atoms with Crippen molar-refractivity contribution >= 4 is 16.5 Å². The lowest BCUT2D eigenvalue weighted by Crippen LogP contribution is -2.48. The molecule has 5 heteroatoms. The van der Waals surface area contributed by atoms with Crippen molar-refractivity contribution in [1.29, 1.82) is 0 Å². The van der Waals surface area contributed by atoms with E-state index in [0.717, 1.165) is 29.0 Å². The maximum absolute atomic E-state index is 12.0. The zero-order valence-corrected chi connectivity index (χ0v) is 11.4. The van der Waals surface area contributed by atoms with E-state index in [1.54, 1.807) is 0 Å². The average Bonchev–Trinajstić information content (AvgIpc) is 3.00. The van der Waals surface area contributed by atoms with Crippen LogP contribution in [0.3, 0.4) is 0 Å². The zero-order valence-electron chi connectivity index (χ0n) is 11.4. The largest absolute Gasteiger partial charge is 0.742 e. The van der Waals surface area contributed by atoms with Crippen LogP contribution in [-0.2, 0) is 0 Å². The van der Waals surface area contributed by atoms with Gasteiger partial charge in [0, 0.05) is 5.69 Å². The third-order valence-corrected chi connectivity index (χ3v) is 3.65. The number of likely N-dealkylation sites (tertiary alicyclic amines) is 1. The molecule has 20 heavy (non-hydrogen) atoms. The molecule has 0 bridgehead atoms. The molecule has 1 aliphatic rings. The standard InChI is InChI=1S/C15H19N4O/c20-19(17-16-12-18-9-3-4-10-18)15-8-7-13-5-1-2-6-14(13)11-15/h1-2,5-8,11,16-17H,3-4,9-10,12H2/q-1. The molecule has 0 atom stereocenters. The van der Waals surface area contributed by atoms with Gasteiger partial charge in [0.1, 0.15) is 0 Å². The predicted octanol–water partition coefficient (Wildman–Crippen LogP) is 2.21. The van der Waals surface area contributed by atoms with Gasteiger partial charge in [-0.15, -0.1) is 0 Å². The van der Waals surface area contributed by atoms with Gasteiger partial charge in [-0.25, -0.2) is 5.43 Å². The Morgan fingerprint density at radius 3 is 2.60 bits per heavy atom. The molecular formula is C15H19N4O-.